The molecule has 2 unspecified atom stereocenters. The SMILES string of the molecule is CN1CCCC1COc1nc(N2C[C@H]3CC[C@@H](C2)N3C(=O)NC2CN3CCC2CC3)c2ccc(-c3cc(O)cc4ccccc34)c(F)c2n1. The van der Waals surface area contributed by atoms with Crippen LogP contribution in [0.2, 0.25) is 0 Å². The highest BCUT2D eigenvalue weighted by atomic mass is 19.1. The van der Waals surface area contributed by atoms with E-state index in [-0.39, 0.29) is 47.5 Å². The minimum Gasteiger partial charge on any atom is -0.508 e. The number of likely N-dealkylation sites (tertiary alicyclic amines) is 1. The van der Waals surface area contributed by atoms with Gasteiger partial charge in [0, 0.05) is 42.7 Å². The number of nitrogens with zero attached hydrogens (tertiary/aromatic N) is 6. The van der Waals surface area contributed by atoms with Crippen molar-refractivity contribution < 1.29 is 19.0 Å². The highest BCUT2D eigenvalue weighted by molar-refractivity contribution is 6.01. The Kier molecular flexibility index (Phi) is 7.72. The molecule has 6 aliphatic heterocycles. The van der Waals surface area contributed by atoms with Crippen LogP contribution < -0.4 is 15.0 Å². The van der Waals surface area contributed by atoms with E-state index < -0.39 is 5.82 Å². The predicted octanol–water partition coefficient (Wildman–Crippen LogP) is 5.22. The predicted molar refractivity (Wildman–Crippen MR) is 188 cm³/mol. The highest BCUT2D eigenvalue weighted by Crippen LogP contribution is 2.40. The molecule has 6 saturated heterocycles. The number of aromatic nitrogens is 2. The average Bonchev–Trinajstić information content (AvgIpc) is 3.65. The Morgan fingerprint density at radius 3 is 2.47 bits per heavy atom. The first kappa shape index (κ1) is 30.8. The molecule has 1 aromatic heterocycles. The molecule has 0 aliphatic carbocycles. The lowest BCUT2D eigenvalue weighted by Gasteiger charge is -2.47. The molecule has 0 saturated carbocycles. The lowest BCUT2D eigenvalue weighted by atomic mass is 9.84. The smallest absolute Gasteiger partial charge is 0.319 e. The Bertz CT molecular complexity index is 1900. The van der Waals surface area contributed by atoms with E-state index in [0.29, 0.717) is 47.9 Å². The van der Waals surface area contributed by atoms with E-state index in [0.717, 1.165) is 75.5 Å². The molecule has 2 amide bonds. The fourth-order valence-electron chi connectivity index (χ4n) is 9.29. The number of anilines is 1. The largest absolute Gasteiger partial charge is 0.508 e. The molecule has 11 heteroatoms. The van der Waals surface area contributed by atoms with Crippen molar-refractivity contribution in [3.8, 4) is 22.9 Å². The summed E-state index contributed by atoms with van der Waals surface area (Å²) < 4.78 is 23.1. The van der Waals surface area contributed by atoms with Crippen LogP contribution in [-0.2, 0) is 0 Å². The number of carbonyl (C=O) groups is 1. The molecule has 6 aliphatic rings. The van der Waals surface area contributed by atoms with Gasteiger partial charge in [-0.15, -0.1) is 0 Å². The van der Waals surface area contributed by atoms with Crippen molar-refractivity contribution in [2.45, 2.75) is 62.7 Å². The van der Waals surface area contributed by atoms with Crippen LogP contribution in [0.4, 0.5) is 15.0 Å². The maximum Gasteiger partial charge on any atom is 0.319 e. The third-order valence-electron chi connectivity index (χ3n) is 12.0. The fraction of sp³-hybridized carbons (Fsp3) is 0.500. The van der Waals surface area contributed by atoms with Gasteiger partial charge in [-0.3, -0.25) is 0 Å². The van der Waals surface area contributed by atoms with E-state index in [1.807, 2.05) is 30.3 Å². The summed E-state index contributed by atoms with van der Waals surface area (Å²) in [7, 11) is 2.10. The number of nitrogens with one attached hydrogen (secondary N) is 1. The summed E-state index contributed by atoms with van der Waals surface area (Å²) in [5.74, 6) is 0.811. The summed E-state index contributed by atoms with van der Waals surface area (Å²) >= 11 is 0. The zero-order valence-corrected chi connectivity index (χ0v) is 28.0. The second kappa shape index (κ2) is 12.3. The number of rotatable bonds is 6. The molecular formula is C38H44FN7O3. The summed E-state index contributed by atoms with van der Waals surface area (Å²) in [5, 5.41) is 16.3. The van der Waals surface area contributed by atoms with Gasteiger partial charge in [0.05, 0.1) is 12.1 Å². The maximum atomic E-state index is 16.8. The standard InChI is InChI=1S/C38H44FN7O3/c1-43-14-4-6-27(43)22-49-37-41-35-31(11-10-30(34(35)39)32-18-28(47)17-24-5-2-3-7-29(24)32)36(42-37)45-19-25-8-9-26(20-45)46(25)38(48)40-33-21-44-15-12-23(33)13-16-44/h2-3,5,7,10-11,17-18,23,25-27,33,47H,4,6,8-9,12-16,19-22H2,1H3,(H,40,48)/t25-,26+,27?,33?. The van der Waals surface area contributed by atoms with Gasteiger partial charge in [-0.05, 0) is 106 Å². The normalized spacial score (nSPS) is 28.1. The van der Waals surface area contributed by atoms with Gasteiger partial charge < -0.3 is 34.8 Å². The number of piperidine rings is 3. The number of halogens is 1. The van der Waals surface area contributed by atoms with Gasteiger partial charge in [0.1, 0.15) is 23.7 Å². The number of amides is 2. The first-order chi connectivity index (χ1) is 23.9. The maximum absolute atomic E-state index is 16.8. The number of ether oxygens (including phenoxy) is 1. The number of carbonyl (C=O) groups excluding carboxylic acids is 1. The first-order valence-corrected chi connectivity index (χ1v) is 18.0. The number of hydrogen-bond acceptors (Lipinski definition) is 8. The molecule has 4 atom stereocenters. The summed E-state index contributed by atoms with van der Waals surface area (Å²) in [5.41, 5.74) is 1.16. The summed E-state index contributed by atoms with van der Waals surface area (Å²) in [6, 6.07) is 15.4. The zero-order chi connectivity index (χ0) is 33.2. The Morgan fingerprint density at radius 1 is 0.939 bits per heavy atom. The number of aromatic hydroxyl groups is 1. The number of phenols is 1. The molecule has 4 bridgehead atoms. The monoisotopic (exact) mass is 665 g/mol. The van der Waals surface area contributed by atoms with E-state index in [2.05, 4.69) is 32.0 Å². The molecule has 256 valence electrons. The van der Waals surface area contributed by atoms with Crippen molar-refractivity contribution in [1.29, 1.82) is 0 Å². The van der Waals surface area contributed by atoms with Crippen LogP contribution >= 0.6 is 0 Å². The minimum atomic E-state index is -0.474. The van der Waals surface area contributed by atoms with Crippen LogP contribution in [0.1, 0.15) is 38.5 Å². The molecule has 49 heavy (non-hydrogen) atoms. The van der Waals surface area contributed by atoms with Crippen molar-refractivity contribution in [3.05, 3.63) is 54.3 Å². The summed E-state index contributed by atoms with van der Waals surface area (Å²) in [6.07, 6.45) is 6.33. The number of benzene rings is 3. The molecule has 3 aromatic carbocycles. The fourth-order valence-corrected chi connectivity index (χ4v) is 9.29. The number of phenolic OH excluding ortho intramolecular Hbond substituents is 1. The van der Waals surface area contributed by atoms with Gasteiger partial charge in [0.15, 0.2) is 5.82 Å². The van der Waals surface area contributed by atoms with Crippen LogP contribution in [-0.4, -0.2) is 113 Å². The molecule has 4 aromatic rings. The van der Waals surface area contributed by atoms with Gasteiger partial charge in [-0.2, -0.15) is 9.97 Å². The average molecular weight is 666 g/mol. The van der Waals surface area contributed by atoms with Crippen molar-refractivity contribution in [2.75, 3.05) is 57.8 Å². The van der Waals surface area contributed by atoms with Crippen LogP contribution in [0.15, 0.2) is 48.5 Å². The highest BCUT2D eigenvalue weighted by Gasteiger charge is 2.45. The van der Waals surface area contributed by atoms with E-state index >= 15 is 4.39 Å². The van der Waals surface area contributed by atoms with E-state index in [9.17, 15) is 9.90 Å². The van der Waals surface area contributed by atoms with Gasteiger partial charge in [0.25, 0.3) is 0 Å². The third kappa shape index (κ3) is 5.51. The minimum absolute atomic E-state index is 0.0455. The number of fused-ring (bicyclic) bond motifs is 7. The zero-order valence-electron chi connectivity index (χ0n) is 28.0. The van der Waals surface area contributed by atoms with Crippen LogP contribution in [0.25, 0.3) is 32.8 Å². The lowest BCUT2D eigenvalue weighted by molar-refractivity contribution is 0.0700. The van der Waals surface area contributed by atoms with Gasteiger partial charge in [-0.1, -0.05) is 30.3 Å². The van der Waals surface area contributed by atoms with Gasteiger partial charge >= 0.3 is 12.0 Å². The van der Waals surface area contributed by atoms with Gasteiger partial charge in [-0.25, -0.2) is 9.18 Å². The summed E-state index contributed by atoms with van der Waals surface area (Å²) in [6.45, 7) is 5.91. The van der Waals surface area contributed by atoms with E-state index in [4.69, 9.17) is 14.7 Å². The van der Waals surface area contributed by atoms with Crippen molar-refractivity contribution in [1.82, 2.24) is 30.0 Å². The molecule has 0 spiro atoms. The van der Waals surface area contributed by atoms with Gasteiger partial charge in [0.2, 0.25) is 0 Å². The van der Waals surface area contributed by atoms with Crippen LogP contribution in [0, 0.1) is 11.7 Å². The number of urea groups is 1. The van der Waals surface area contributed by atoms with Crippen LogP contribution in [0.3, 0.4) is 0 Å². The summed E-state index contributed by atoms with van der Waals surface area (Å²) in [4.78, 5) is 32.4. The third-order valence-corrected chi connectivity index (χ3v) is 12.0. The topological polar surface area (TPSA) is 97.3 Å². The molecule has 10 rings (SSSR count). The first-order valence-electron chi connectivity index (χ1n) is 18.0. The van der Waals surface area contributed by atoms with Crippen molar-refractivity contribution in [3.63, 3.8) is 0 Å². The Labute approximate surface area is 285 Å². The van der Waals surface area contributed by atoms with Crippen LogP contribution in [0.5, 0.6) is 11.8 Å². The van der Waals surface area contributed by atoms with E-state index in [1.165, 1.54) is 0 Å². The van der Waals surface area contributed by atoms with Crippen molar-refractivity contribution in [2.24, 2.45) is 5.92 Å². The Morgan fingerprint density at radius 2 is 1.73 bits per heavy atom. The molecule has 6 fully saturated rings. The Balaban J connectivity index is 1.05. The molecule has 10 nitrogen and oxygen atoms in total. The number of likely N-dealkylation sites (N-methyl/N-ethyl adjacent to an activating group) is 1. The number of piperazine rings is 1. The molecular weight excluding hydrogens is 621 g/mol. The second-order valence-electron chi connectivity index (χ2n) is 14.8. The number of hydrogen-bond donors (Lipinski definition) is 2. The quantitative estimate of drug-likeness (QED) is 0.290. The molecule has 7 heterocycles. The Hall–Kier alpha value is -4.22. The van der Waals surface area contributed by atoms with Crippen molar-refractivity contribution >= 4 is 33.5 Å². The lowest BCUT2D eigenvalue weighted by Crippen LogP contribution is -2.63. The molecule has 0 radical (unpaired) electrons. The second-order valence-corrected chi connectivity index (χ2v) is 14.8. The molecule has 2 N–H and O–H groups in total. The van der Waals surface area contributed by atoms with E-state index in [1.54, 1.807) is 18.2 Å².